The van der Waals surface area contributed by atoms with Gasteiger partial charge in [0.2, 0.25) is 15.9 Å². The van der Waals surface area contributed by atoms with Crippen molar-refractivity contribution in [2.45, 2.75) is 39.7 Å². The van der Waals surface area contributed by atoms with E-state index in [1.165, 1.54) is 4.31 Å². The first-order valence-electron chi connectivity index (χ1n) is 10.1. The first kappa shape index (κ1) is 24.5. The molecule has 1 atom stereocenters. The van der Waals surface area contributed by atoms with Gasteiger partial charge in [-0.15, -0.1) is 0 Å². The standard InChI is InChI=1S/C23H32N2O5S/c1-16-9-10-17(2)20(14-16)25(31(6,27)28)18(3)23(26)24-13-7-8-19-11-12-21(29-4)22(15-19)30-5/h9-12,14-15,18H,7-8,13H2,1-6H3,(H,24,26)/t18-/m0/s1. The van der Waals surface area contributed by atoms with Crippen LogP contribution in [0.5, 0.6) is 11.5 Å². The van der Waals surface area contributed by atoms with Gasteiger partial charge in [0.1, 0.15) is 6.04 Å². The van der Waals surface area contributed by atoms with Crippen LogP contribution in [0, 0.1) is 13.8 Å². The van der Waals surface area contributed by atoms with Crippen molar-refractivity contribution in [1.29, 1.82) is 0 Å². The fourth-order valence-electron chi connectivity index (χ4n) is 3.43. The molecule has 0 bridgehead atoms. The van der Waals surface area contributed by atoms with Gasteiger partial charge in [0.15, 0.2) is 11.5 Å². The number of rotatable bonds is 10. The predicted molar refractivity (Wildman–Crippen MR) is 124 cm³/mol. The van der Waals surface area contributed by atoms with E-state index in [-0.39, 0.29) is 5.91 Å². The normalized spacial score (nSPS) is 12.2. The summed E-state index contributed by atoms with van der Waals surface area (Å²) >= 11 is 0. The lowest BCUT2D eigenvalue weighted by Gasteiger charge is -2.29. The van der Waals surface area contributed by atoms with E-state index in [0.717, 1.165) is 29.4 Å². The Hall–Kier alpha value is -2.74. The van der Waals surface area contributed by atoms with E-state index in [1.54, 1.807) is 27.2 Å². The van der Waals surface area contributed by atoms with Crippen LogP contribution in [0.25, 0.3) is 0 Å². The van der Waals surface area contributed by atoms with Gasteiger partial charge in [0.05, 0.1) is 26.2 Å². The molecule has 0 unspecified atom stereocenters. The molecule has 0 heterocycles. The molecule has 0 aliphatic carbocycles. The lowest BCUT2D eigenvalue weighted by molar-refractivity contribution is -0.121. The summed E-state index contributed by atoms with van der Waals surface area (Å²) in [4.78, 5) is 12.7. The third-order valence-corrected chi connectivity index (χ3v) is 6.31. The molecule has 0 saturated carbocycles. The Morgan fingerprint density at radius 2 is 1.74 bits per heavy atom. The van der Waals surface area contributed by atoms with E-state index in [9.17, 15) is 13.2 Å². The molecule has 0 aromatic heterocycles. The summed E-state index contributed by atoms with van der Waals surface area (Å²) < 4.78 is 36.7. The van der Waals surface area contributed by atoms with Crippen LogP contribution in [-0.2, 0) is 21.2 Å². The van der Waals surface area contributed by atoms with Gasteiger partial charge < -0.3 is 14.8 Å². The molecule has 170 valence electrons. The molecule has 0 radical (unpaired) electrons. The summed E-state index contributed by atoms with van der Waals surface area (Å²) in [5.41, 5.74) is 3.31. The third-order valence-electron chi connectivity index (χ3n) is 5.08. The van der Waals surface area contributed by atoms with Crippen molar-refractivity contribution in [1.82, 2.24) is 5.32 Å². The molecule has 1 N–H and O–H groups in total. The Morgan fingerprint density at radius 1 is 1.06 bits per heavy atom. The minimum Gasteiger partial charge on any atom is -0.493 e. The second kappa shape index (κ2) is 10.5. The molecule has 0 fully saturated rings. The van der Waals surface area contributed by atoms with E-state index in [2.05, 4.69) is 5.32 Å². The first-order chi connectivity index (χ1) is 14.6. The maximum absolute atomic E-state index is 12.7. The molecule has 0 aliphatic rings. The number of hydrogen-bond donors (Lipinski definition) is 1. The van der Waals surface area contributed by atoms with Crippen LogP contribution in [0.1, 0.15) is 30.0 Å². The molecular weight excluding hydrogens is 416 g/mol. The quantitative estimate of drug-likeness (QED) is 0.564. The first-order valence-corrected chi connectivity index (χ1v) is 12.0. The molecule has 2 aromatic rings. The number of anilines is 1. The molecule has 1 amide bonds. The van der Waals surface area contributed by atoms with Crippen molar-refractivity contribution in [3.05, 3.63) is 53.1 Å². The second-order valence-electron chi connectivity index (χ2n) is 7.61. The number of carbonyl (C=O) groups excluding carboxylic acids is 1. The van der Waals surface area contributed by atoms with E-state index in [0.29, 0.717) is 30.2 Å². The number of ether oxygens (including phenoxy) is 2. The van der Waals surface area contributed by atoms with Gasteiger partial charge in [-0.05, 0) is 68.5 Å². The molecule has 2 aromatic carbocycles. The SMILES string of the molecule is COc1ccc(CCCNC(=O)[C@H](C)N(c2cc(C)ccc2C)S(C)(=O)=O)cc1OC. The molecule has 0 aliphatic heterocycles. The average Bonchev–Trinajstić information content (AvgIpc) is 2.72. The zero-order chi connectivity index (χ0) is 23.2. The monoisotopic (exact) mass is 448 g/mol. The number of methoxy groups -OCH3 is 2. The van der Waals surface area contributed by atoms with E-state index in [4.69, 9.17) is 9.47 Å². The van der Waals surface area contributed by atoms with Crippen molar-refractivity contribution < 1.29 is 22.7 Å². The molecule has 2 rings (SSSR count). The Morgan fingerprint density at radius 3 is 2.35 bits per heavy atom. The molecule has 0 saturated heterocycles. The summed E-state index contributed by atoms with van der Waals surface area (Å²) in [7, 11) is -0.463. The van der Waals surface area contributed by atoms with Crippen molar-refractivity contribution in [3.63, 3.8) is 0 Å². The van der Waals surface area contributed by atoms with Crippen LogP contribution in [-0.4, -0.2) is 47.4 Å². The van der Waals surface area contributed by atoms with Gasteiger partial charge >= 0.3 is 0 Å². The minimum absolute atomic E-state index is 0.335. The van der Waals surface area contributed by atoms with Crippen LogP contribution < -0.4 is 19.1 Å². The Kier molecular flexibility index (Phi) is 8.33. The van der Waals surface area contributed by atoms with Crippen molar-refractivity contribution in [2.75, 3.05) is 31.3 Å². The summed E-state index contributed by atoms with van der Waals surface area (Å²) in [5.74, 6) is 0.995. The second-order valence-corrected chi connectivity index (χ2v) is 9.47. The molecular formula is C23H32N2O5S. The van der Waals surface area contributed by atoms with Gasteiger partial charge in [-0.2, -0.15) is 0 Å². The number of benzene rings is 2. The number of nitrogens with zero attached hydrogens (tertiary/aromatic N) is 1. The van der Waals surface area contributed by atoms with Crippen LogP contribution in [0.4, 0.5) is 5.69 Å². The van der Waals surface area contributed by atoms with E-state index < -0.39 is 16.1 Å². The fourth-order valence-corrected chi connectivity index (χ4v) is 4.65. The molecule has 31 heavy (non-hydrogen) atoms. The van der Waals surface area contributed by atoms with Crippen molar-refractivity contribution in [3.8, 4) is 11.5 Å². The lowest BCUT2D eigenvalue weighted by Crippen LogP contribution is -2.48. The summed E-state index contributed by atoms with van der Waals surface area (Å²) in [6.07, 6.45) is 2.56. The molecule has 8 heteroatoms. The Balaban J connectivity index is 2.02. The van der Waals surface area contributed by atoms with Crippen LogP contribution in [0.3, 0.4) is 0 Å². The number of nitrogens with one attached hydrogen (secondary N) is 1. The lowest BCUT2D eigenvalue weighted by atomic mass is 10.1. The number of aryl methyl sites for hydroxylation is 3. The predicted octanol–water partition coefficient (Wildman–Crippen LogP) is 3.22. The topological polar surface area (TPSA) is 84.9 Å². The van der Waals surface area contributed by atoms with E-state index in [1.807, 2.05) is 44.2 Å². The summed E-state index contributed by atoms with van der Waals surface area (Å²) in [5, 5.41) is 2.86. The summed E-state index contributed by atoms with van der Waals surface area (Å²) in [6.45, 7) is 5.76. The third kappa shape index (κ3) is 6.37. The number of carbonyl (C=O) groups is 1. The van der Waals surface area contributed by atoms with Gasteiger partial charge in [-0.25, -0.2) is 8.42 Å². The van der Waals surface area contributed by atoms with Gasteiger partial charge in [0.25, 0.3) is 0 Å². The Labute approximate surface area is 185 Å². The number of sulfonamides is 1. The largest absolute Gasteiger partial charge is 0.493 e. The van der Waals surface area contributed by atoms with Gasteiger partial charge in [-0.1, -0.05) is 18.2 Å². The Bertz CT molecular complexity index is 1020. The van der Waals surface area contributed by atoms with Crippen LogP contribution in [0.15, 0.2) is 36.4 Å². The van der Waals surface area contributed by atoms with Gasteiger partial charge in [-0.3, -0.25) is 9.10 Å². The van der Waals surface area contributed by atoms with Crippen LogP contribution >= 0.6 is 0 Å². The van der Waals surface area contributed by atoms with Crippen LogP contribution in [0.2, 0.25) is 0 Å². The zero-order valence-corrected chi connectivity index (χ0v) is 19.9. The van der Waals surface area contributed by atoms with E-state index >= 15 is 0 Å². The molecule has 7 nitrogen and oxygen atoms in total. The highest BCUT2D eigenvalue weighted by Crippen LogP contribution is 2.28. The van der Waals surface area contributed by atoms with Gasteiger partial charge in [0, 0.05) is 6.54 Å². The van der Waals surface area contributed by atoms with Crippen molar-refractivity contribution in [2.24, 2.45) is 0 Å². The fraction of sp³-hybridized carbons (Fsp3) is 0.435. The van der Waals surface area contributed by atoms with Crippen molar-refractivity contribution >= 4 is 21.6 Å². The number of hydrogen-bond acceptors (Lipinski definition) is 5. The number of amides is 1. The maximum atomic E-state index is 12.7. The maximum Gasteiger partial charge on any atom is 0.243 e. The zero-order valence-electron chi connectivity index (χ0n) is 19.1. The highest BCUT2D eigenvalue weighted by atomic mass is 32.2. The molecule has 0 spiro atoms. The summed E-state index contributed by atoms with van der Waals surface area (Å²) in [6, 6.07) is 10.4. The smallest absolute Gasteiger partial charge is 0.243 e. The minimum atomic E-state index is -3.64. The average molecular weight is 449 g/mol. The highest BCUT2D eigenvalue weighted by molar-refractivity contribution is 7.92. The highest BCUT2D eigenvalue weighted by Gasteiger charge is 2.30.